The van der Waals surface area contributed by atoms with E-state index < -0.39 is 0 Å². The lowest BCUT2D eigenvalue weighted by Crippen LogP contribution is -2.00. The highest BCUT2D eigenvalue weighted by atomic mass is 35.5. The molecule has 0 radical (unpaired) electrons. The van der Waals surface area contributed by atoms with Crippen LogP contribution in [0.1, 0.15) is 23.1 Å². The molecule has 21 heavy (non-hydrogen) atoms. The number of hydrogen-bond donors (Lipinski definition) is 1. The summed E-state index contributed by atoms with van der Waals surface area (Å²) in [6.07, 6.45) is 1.53. The molecule has 108 valence electrons. The van der Waals surface area contributed by atoms with Crippen LogP contribution in [0, 0.1) is 0 Å². The molecule has 1 aliphatic carbocycles. The molecule has 0 spiro atoms. The van der Waals surface area contributed by atoms with Crippen molar-refractivity contribution in [3.63, 3.8) is 0 Å². The third-order valence-corrected chi connectivity index (χ3v) is 4.32. The van der Waals surface area contributed by atoms with E-state index in [2.05, 4.69) is 5.16 Å². The summed E-state index contributed by atoms with van der Waals surface area (Å²) in [6, 6.07) is 11.1. The molecule has 3 rings (SSSR count). The topological polar surface area (TPSA) is 41.8 Å². The molecule has 0 amide bonds. The molecule has 0 bridgehead atoms. The van der Waals surface area contributed by atoms with Gasteiger partial charge in [-0.05, 0) is 31.0 Å². The molecule has 2 aromatic rings. The lowest BCUT2D eigenvalue weighted by molar-refractivity contribution is 0.303. The summed E-state index contributed by atoms with van der Waals surface area (Å²) in [5.74, 6) is 0.780. The van der Waals surface area contributed by atoms with Gasteiger partial charge in [-0.25, -0.2) is 0 Å². The number of hydrogen-bond acceptors (Lipinski definition) is 3. The van der Waals surface area contributed by atoms with Gasteiger partial charge in [0, 0.05) is 26.7 Å². The maximum atomic E-state index is 9.00. The van der Waals surface area contributed by atoms with E-state index in [9.17, 15) is 0 Å². The first-order valence-corrected chi connectivity index (χ1v) is 7.35. The van der Waals surface area contributed by atoms with Crippen molar-refractivity contribution in [2.45, 2.75) is 19.4 Å². The van der Waals surface area contributed by atoms with Crippen LogP contribution in [0.5, 0.6) is 5.75 Å². The van der Waals surface area contributed by atoms with Crippen LogP contribution in [-0.2, 0) is 13.0 Å². The summed E-state index contributed by atoms with van der Waals surface area (Å²) in [6.45, 7) is 0.306. The van der Waals surface area contributed by atoms with Crippen molar-refractivity contribution in [1.82, 2.24) is 0 Å². The second-order valence-electron chi connectivity index (χ2n) is 4.82. The number of ether oxygens (including phenoxy) is 1. The summed E-state index contributed by atoms with van der Waals surface area (Å²) in [4.78, 5) is 0. The van der Waals surface area contributed by atoms with E-state index in [0.717, 1.165) is 35.3 Å². The first kappa shape index (κ1) is 14.2. The molecular weight excluding hydrogens is 309 g/mol. The monoisotopic (exact) mass is 321 g/mol. The van der Waals surface area contributed by atoms with Gasteiger partial charge in [-0.15, -0.1) is 0 Å². The summed E-state index contributed by atoms with van der Waals surface area (Å²) < 4.78 is 5.88. The SMILES string of the molecule is ON=C1CCc2c(OCc3c(Cl)cccc3Cl)cccc21. The summed E-state index contributed by atoms with van der Waals surface area (Å²) in [7, 11) is 0. The third kappa shape index (κ3) is 2.71. The molecule has 3 nitrogen and oxygen atoms in total. The predicted molar refractivity (Wildman–Crippen MR) is 83.9 cm³/mol. The van der Waals surface area contributed by atoms with Crippen LogP contribution in [-0.4, -0.2) is 10.9 Å². The highest BCUT2D eigenvalue weighted by Gasteiger charge is 2.22. The van der Waals surface area contributed by atoms with Crippen LogP contribution in [0.2, 0.25) is 10.0 Å². The molecule has 2 aromatic carbocycles. The quantitative estimate of drug-likeness (QED) is 0.657. The zero-order chi connectivity index (χ0) is 14.8. The van der Waals surface area contributed by atoms with Crippen molar-refractivity contribution < 1.29 is 9.94 Å². The van der Waals surface area contributed by atoms with Crippen LogP contribution >= 0.6 is 23.2 Å². The fourth-order valence-corrected chi connectivity index (χ4v) is 3.04. The molecule has 0 saturated heterocycles. The molecule has 0 atom stereocenters. The normalized spacial score (nSPS) is 15.2. The van der Waals surface area contributed by atoms with Gasteiger partial charge in [-0.3, -0.25) is 0 Å². The standard InChI is InChI=1S/C16H13Cl2NO2/c17-13-4-2-5-14(18)12(13)9-21-16-6-1-3-10-11(16)7-8-15(10)19-20/h1-6,20H,7-9H2. The Labute approximate surface area is 132 Å². The summed E-state index contributed by atoms with van der Waals surface area (Å²) >= 11 is 12.3. The van der Waals surface area contributed by atoms with Gasteiger partial charge in [0.1, 0.15) is 12.4 Å². The van der Waals surface area contributed by atoms with Gasteiger partial charge >= 0.3 is 0 Å². The number of fused-ring (bicyclic) bond motifs is 1. The van der Waals surface area contributed by atoms with Gasteiger partial charge in [0.15, 0.2) is 0 Å². The van der Waals surface area contributed by atoms with Crippen molar-refractivity contribution in [1.29, 1.82) is 0 Å². The number of rotatable bonds is 3. The average Bonchev–Trinajstić information content (AvgIpc) is 2.90. The first-order valence-electron chi connectivity index (χ1n) is 6.59. The second kappa shape index (κ2) is 5.96. The lowest BCUT2D eigenvalue weighted by atomic mass is 10.1. The Balaban J connectivity index is 1.86. The van der Waals surface area contributed by atoms with Crippen LogP contribution in [0.3, 0.4) is 0 Å². The van der Waals surface area contributed by atoms with E-state index in [1.54, 1.807) is 18.2 Å². The van der Waals surface area contributed by atoms with Gasteiger partial charge < -0.3 is 9.94 Å². The third-order valence-electron chi connectivity index (χ3n) is 3.61. The fraction of sp³-hybridized carbons (Fsp3) is 0.188. The first-order chi connectivity index (χ1) is 10.2. The van der Waals surface area contributed by atoms with Crippen molar-refractivity contribution in [3.05, 3.63) is 63.1 Å². The molecule has 0 heterocycles. The molecular formula is C16H13Cl2NO2. The van der Waals surface area contributed by atoms with E-state index in [0.29, 0.717) is 22.4 Å². The zero-order valence-corrected chi connectivity index (χ0v) is 12.7. The van der Waals surface area contributed by atoms with Crippen molar-refractivity contribution in [2.24, 2.45) is 5.16 Å². The highest BCUT2D eigenvalue weighted by molar-refractivity contribution is 6.35. The Kier molecular flexibility index (Phi) is 4.04. The Bertz CT molecular complexity index is 693. The zero-order valence-electron chi connectivity index (χ0n) is 11.1. The Hall–Kier alpha value is -1.71. The van der Waals surface area contributed by atoms with Crippen LogP contribution in [0.15, 0.2) is 41.6 Å². The molecule has 0 unspecified atom stereocenters. The maximum Gasteiger partial charge on any atom is 0.123 e. The van der Waals surface area contributed by atoms with Crippen LogP contribution in [0.4, 0.5) is 0 Å². The van der Waals surface area contributed by atoms with Gasteiger partial charge in [-0.1, -0.05) is 46.6 Å². The fourth-order valence-electron chi connectivity index (χ4n) is 2.53. The summed E-state index contributed by atoms with van der Waals surface area (Å²) in [5, 5.41) is 13.5. The van der Waals surface area contributed by atoms with E-state index in [4.69, 9.17) is 33.1 Å². The molecule has 5 heteroatoms. The van der Waals surface area contributed by atoms with Gasteiger partial charge in [0.25, 0.3) is 0 Å². The predicted octanol–water partition coefficient (Wildman–Crippen LogP) is 4.70. The molecule has 0 saturated carbocycles. The van der Waals surface area contributed by atoms with Gasteiger partial charge in [-0.2, -0.15) is 0 Å². The largest absolute Gasteiger partial charge is 0.488 e. The van der Waals surface area contributed by atoms with Gasteiger partial charge in [0.2, 0.25) is 0 Å². The Morgan fingerprint density at radius 1 is 1.05 bits per heavy atom. The molecule has 0 aromatic heterocycles. The maximum absolute atomic E-state index is 9.00. The summed E-state index contributed by atoms with van der Waals surface area (Å²) in [5.41, 5.74) is 3.48. The molecule has 0 aliphatic heterocycles. The van der Waals surface area contributed by atoms with Crippen molar-refractivity contribution in [2.75, 3.05) is 0 Å². The van der Waals surface area contributed by atoms with E-state index >= 15 is 0 Å². The number of halogens is 2. The smallest absolute Gasteiger partial charge is 0.123 e. The van der Waals surface area contributed by atoms with Crippen LogP contribution < -0.4 is 4.74 Å². The number of oxime groups is 1. The Morgan fingerprint density at radius 3 is 2.48 bits per heavy atom. The van der Waals surface area contributed by atoms with Crippen molar-refractivity contribution >= 4 is 28.9 Å². The molecule has 0 fully saturated rings. The van der Waals surface area contributed by atoms with Gasteiger partial charge in [0.05, 0.1) is 5.71 Å². The second-order valence-corrected chi connectivity index (χ2v) is 5.63. The average molecular weight is 322 g/mol. The van der Waals surface area contributed by atoms with E-state index in [1.807, 2.05) is 18.2 Å². The highest BCUT2D eigenvalue weighted by Crippen LogP contribution is 2.32. The molecule has 1 aliphatic rings. The molecule has 1 N–H and O–H groups in total. The number of nitrogens with zero attached hydrogens (tertiary/aromatic N) is 1. The van der Waals surface area contributed by atoms with Crippen molar-refractivity contribution in [3.8, 4) is 5.75 Å². The van der Waals surface area contributed by atoms with E-state index in [-0.39, 0.29) is 0 Å². The minimum atomic E-state index is 0.306. The van der Waals surface area contributed by atoms with E-state index in [1.165, 1.54) is 0 Å². The minimum Gasteiger partial charge on any atom is -0.488 e. The minimum absolute atomic E-state index is 0.306. The lowest BCUT2D eigenvalue weighted by Gasteiger charge is -2.12. The number of benzene rings is 2. The van der Waals surface area contributed by atoms with Crippen LogP contribution in [0.25, 0.3) is 0 Å². The Morgan fingerprint density at radius 2 is 1.76 bits per heavy atom.